The van der Waals surface area contributed by atoms with Crippen molar-refractivity contribution < 1.29 is 9.90 Å². The third kappa shape index (κ3) is 2.16. The Morgan fingerprint density at radius 1 is 2.00 bits per heavy atom. The zero-order valence-electron chi connectivity index (χ0n) is 4.16. The average molecular weight is 114 g/mol. The minimum absolute atomic E-state index is 0.338. The van der Waals surface area contributed by atoms with Crippen molar-refractivity contribution in [3.05, 3.63) is 0 Å². The number of nitrogens with zero attached hydrogens (tertiary/aromatic N) is 1. The molecule has 1 atom stereocenters. The molecule has 0 saturated heterocycles. The molecule has 0 aliphatic carbocycles. The van der Waals surface area contributed by atoms with E-state index in [-0.39, 0.29) is 6.61 Å². The monoisotopic (exact) mass is 114 g/mol. The number of amides is 1. The van der Waals surface area contributed by atoms with Gasteiger partial charge < -0.3 is 10.4 Å². The molecule has 0 aromatic heterocycles. The summed E-state index contributed by atoms with van der Waals surface area (Å²) in [5, 5.41) is 18.3. The van der Waals surface area contributed by atoms with Gasteiger partial charge >= 0.3 is 0 Å². The van der Waals surface area contributed by atoms with Gasteiger partial charge in [0.25, 0.3) is 0 Å². The second-order valence-corrected chi connectivity index (χ2v) is 1.15. The van der Waals surface area contributed by atoms with Crippen LogP contribution in [0, 0.1) is 11.3 Å². The zero-order valence-corrected chi connectivity index (χ0v) is 4.16. The largest absolute Gasteiger partial charge is 0.393 e. The summed E-state index contributed by atoms with van der Waals surface area (Å²) >= 11 is 0. The van der Waals surface area contributed by atoms with Crippen LogP contribution in [0.2, 0.25) is 0 Å². The van der Waals surface area contributed by atoms with Crippen molar-refractivity contribution in [2.75, 3.05) is 6.61 Å². The molecule has 44 valence electrons. The summed E-state index contributed by atoms with van der Waals surface area (Å²) in [4.78, 5) is 9.56. The summed E-state index contributed by atoms with van der Waals surface area (Å²) in [5.74, 6) is 0. The number of hydrogen-bond acceptors (Lipinski definition) is 3. The first kappa shape index (κ1) is 6.92. The predicted molar refractivity (Wildman–Crippen MR) is 25.7 cm³/mol. The van der Waals surface area contributed by atoms with E-state index in [4.69, 9.17) is 10.4 Å². The van der Waals surface area contributed by atoms with Crippen LogP contribution in [0.3, 0.4) is 0 Å². The fraction of sp³-hybridized carbons (Fsp3) is 0.500. The van der Waals surface area contributed by atoms with Crippen LogP contribution in [0.1, 0.15) is 0 Å². The summed E-state index contributed by atoms with van der Waals surface area (Å²) in [6, 6.07) is 0.903. The second-order valence-electron chi connectivity index (χ2n) is 1.15. The lowest BCUT2D eigenvalue weighted by molar-refractivity contribution is -0.110. The van der Waals surface area contributed by atoms with Crippen molar-refractivity contribution >= 4 is 6.41 Å². The number of hydrogen-bond donors (Lipinski definition) is 2. The minimum atomic E-state index is -0.757. The van der Waals surface area contributed by atoms with Crippen molar-refractivity contribution in [2.24, 2.45) is 0 Å². The fourth-order valence-electron chi connectivity index (χ4n) is 0.213. The summed E-state index contributed by atoms with van der Waals surface area (Å²) in [5.41, 5.74) is 0. The third-order valence-corrected chi connectivity index (χ3v) is 0.608. The molecule has 0 aliphatic heterocycles. The van der Waals surface area contributed by atoms with Gasteiger partial charge in [-0.05, 0) is 0 Å². The molecule has 4 nitrogen and oxygen atoms in total. The van der Waals surface area contributed by atoms with Gasteiger partial charge in [-0.3, -0.25) is 4.79 Å². The molecule has 1 amide bonds. The Kier molecular flexibility index (Phi) is 3.54. The number of aliphatic hydroxyl groups excluding tert-OH is 1. The molecule has 0 rings (SSSR count). The first-order valence-electron chi connectivity index (χ1n) is 2.05. The van der Waals surface area contributed by atoms with Crippen molar-refractivity contribution in [2.45, 2.75) is 6.04 Å². The Morgan fingerprint density at radius 3 is 2.75 bits per heavy atom. The van der Waals surface area contributed by atoms with Gasteiger partial charge in [-0.15, -0.1) is 0 Å². The van der Waals surface area contributed by atoms with Crippen LogP contribution in [0.4, 0.5) is 0 Å². The molecule has 0 aliphatic rings. The van der Waals surface area contributed by atoms with Gasteiger partial charge in [0.1, 0.15) is 6.04 Å². The van der Waals surface area contributed by atoms with Crippen LogP contribution in [0.5, 0.6) is 0 Å². The Balaban J connectivity index is 3.40. The molecule has 4 heteroatoms. The van der Waals surface area contributed by atoms with Crippen LogP contribution in [-0.4, -0.2) is 24.2 Å². The predicted octanol–water partition coefficient (Wildman–Crippen LogP) is -1.38. The molecule has 0 unspecified atom stereocenters. The van der Waals surface area contributed by atoms with E-state index in [0.717, 1.165) is 0 Å². The van der Waals surface area contributed by atoms with Crippen molar-refractivity contribution in [1.82, 2.24) is 5.32 Å². The molecule has 0 heterocycles. The molecular weight excluding hydrogens is 108 g/mol. The first-order chi connectivity index (χ1) is 3.85. The molecule has 0 spiro atoms. The molecule has 8 heavy (non-hydrogen) atoms. The standard InChI is InChI=1S/C4H6N2O2/c5-1-4(2-7)6-3-8/h3-4,7H,2H2,(H,6,8)/t4-/m1/s1. The number of rotatable bonds is 3. The van der Waals surface area contributed by atoms with Crippen molar-refractivity contribution in [3.8, 4) is 6.07 Å². The molecule has 0 fully saturated rings. The van der Waals surface area contributed by atoms with Gasteiger partial charge in [0.2, 0.25) is 6.41 Å². The second kappa shape index (κ2) is 4.09. The molecule has 0 saturated carbocycles. The van der Waals surface area contributed by atoms with Gasteiger partial charge in [0.05, 0.1) is 12.7 Å². The van der Waals surface area contributed by atoms with Crippen molar-refractivity contribution in [1.29, 1.82) is 5.26 Å². The highest BCUT2D eigenvalue weighted by Crippen LogP contribution is 1.71. The maximum atomic E-state index is 9.56. The molecule has 0 aromatic rings. The zero-order chi connectivity index (χ0) is 6.41. The number of aliphatic hydroxyl groups is 1. The van der Waals surface area contributed by atoms with Crippen LogP contribution in [-0.2, 0) is 4.79 Å². The summed E-state index contributed by atoms with van der Waals surface area (Å²) in [7, 11) is 0. The fourth-order valence-corrected chi connectivity index (χ4v) is 0.213. The Bertz CT molecular complexity index is 107. The van der Waals surface area contributed by atoms with Crippen LogP contribution < -0.4 is 5.32 Å². The Hall–Kier alpha value is -1.08. The average Bonchev–Trinajstić information content (AvgIpc) is 1.83. The van der Waals surface area contributed by atoms with Crippen LogP contribution >= 0.6 is 0 Å². The number of nitrogens with one attached hydrogen (secondary N) is 1. The lowest BCUT2D eigenvalue weighted by Crippen LogP contribution is -2.29. The summed E-state index contributed by atoms with van der Waals surface area (Å²) in [6.45, 7) is -0.338. The highest BCUT2D eigenvalue weighted by atomic mass is 16.3. The third-order valence-electron chi connectivity index (χ3n) is 0.608. The van der Waals surface area contributed by atoms with Gasteiger partial charge in [0.15, 0.2) is 0 Å². The maximum Gasteiger partial charge on any atom is 0.208 e. The van der Waals surface area contributed by atoms with E-state index in [0.29, 0.717) is 6.41 Å². The Morgan fingerprint density at radius 2 is 2.62 bits per heavy atom. The van der Waals surface area contributed by atoms with E-state index in [1.165, 1.54) is 0 Å². The molecular formula is C4H6N2O2. The quantitative estimate of drug-likeness (QED) is 0.444. The van der Waals surface area contributed by atoms with Crippen LogP contribution in [0.15, 0.2) is 0 Å². The molecule has 0 aromatic carbocycles. The van der Waals surface area contributed by atoms with E-state index in [1.54, 1.807) is 6.07 Å². The van der Waals surface area contributed by atoms with Gasteiger partial charge in [0, 0.05) is 0 Å². The number of nitriles is 1. The molecule has 0 radical (unpaired) electrons. The summed E-state index contributed by atoms with van der Waals surface area (Å²) < 4.78 is 0. The highest BCUT2D eigenvalue weighted by Gasteiger charge is 1.99. The topological polar surface area (TPSA) is 73.1 Å². The lowest BCUT2D eigenvalue weighted by Gasteiger charge is -1.98. The van der Waals surface area contributed by atoms with Gasteiger partial charge in [-0.2, -0.15) is 5.26 Å². The van der Waals surface area contributed by atoms with Gasteiger partial charge in [-0.1, -0.05) is 0 Å². The minimum Gasteiger partial charge on any atom is -0.393 e. The van der Waals surface area contributed by atoms with E-state index in [2.05, 4.69) is 5.32 Å². The SMILES string of the molecule is N#C[C@H](CO)NC=O. The maximum absolute atomic E-state index is 9.56. The van der Waals surface area contributed by atoms with E-state index < -0.39 is 6.04 Å². The highest BCUT2D eigenvalue weighted by molar-refractivity contribution is 5.47. The smallest absolute Gasteiger partial charge is 0.208 e. The molecule has 0 bridgehead atoms. The van der Waals surface area contributed by atoms with Gasteiger partial charge in [-0.25, -0.2) is 0 Å². The Labute approximate surface area is 46.7 Å². The number of carbonyl (C=O) groups is 1. The van der Waals surface area contributed by atoms with Crippen LogP contribution in [0.25, 0.3) is 0 Å². The van der Waals surface area contributed by atoms with E-state index in [9.17, 15) is 4.79 Å². The van der Waals surface area contributed by atoms with E-state index in [1.807, 2.05) is 0 Å². The number of carbonyl (C=O) groups excluding carboxylic acids is 1. The lowest BCUT2D eigenvalue weighted by atomic mass is 10.4. The van der Waals surface area contributed by atoms with E-state index >= 15 is 0 Å². The van der Waals surface area contributed by atoms with Crippen molar-refractivity contribution in [3.63, 3.8) is 0 Å². The summed E-state index contributed by atoms with van der Waals surface area (Å²) in [6.07, 6.45) is 0.379. The molecule has 2 N–H and O–H groups in total. The normalized spacial score (nSPS) is 11.5. The first-order valence-corrected chi connectivity index (χ1v) is 2.05.